The fraction of sp³-hybridized carbons (Fsp3) is 0.565. The Bertz CT molecular complexity index is 816. The van der Waals surface area contributed by atoms with Crippen LogP contribution < -0.4 is 9.47 Å². The lowest BCUT2D eigenvalue weighted by atomic mass is 9.63. The predicted octanol–water partition coefficient (Wildman–Crippen LogP) is 5.02. The number of fused-ring (bicyclic) bond motifs is 3. The van der Waals surface area contributed by atoms with Crippen molar-refractivity contribution in [3.63, 3.8) is 0 Å². The van der Waals surface area contributed by atoms with E-state index in [0.29, 0.717) is 37.9 Å². The van der Waals surface area contributed by atoms with Crippen LogP contribution in [0.3, 0.4) is 0 Å². The van der Waals surface area contributed by atoms with Gasteiger partial charge in [-0.2, -0.15) is 0 Å². The first kappa shape index (κ1) is 17.2. The number of hydrogen-bond acceptors (Lipinski definition) is 4. The van der Waals surface area contributed by atoms with Gasteiger partial charge in [0.1, 0.15) is 12.4 Å². The Labute approximate surface area is 161 Å². The zero-order valence-electron chi connectivity index (χ0n) is 16.4. The van der Waals surface area contributed by atoms with Crippen LogP contribution in [0.4, 0.5) is 0 Å². The van der Waals surface area contributed by atoms with Gasteiger partial charge in [0.25, 0.3) is 0 Å². The molecule has 4 heteroatoms. The molecular weight excluding hydrogens is 340 g/mol. The minimum Gasteiger partial charge on any atom is -0.469 e. The van der Waals surface area contributed by atoms with Gasteiger partial charge in [0, 0.05) is 0 Å². The second kappa shape index (κ2) is 5.78. The highest BCUT2D eigenvalue weighted by Gasteiger charge is 2.66. The maximum atomic E-state index is 5.67. The Morgan fingerprint density at radius 3 is 2.70 bits per heavy atom. The van der Waals surface area contributed by atoms with Crippen LogP contribution in [0, 0.1) is 22.7 Å². The van der Waals surface area contributed by atoms with Crippen LogP contribution in [0.15, 0.2) is 42.2 Å². The van der Waals surface area contributed by atoms with E-state index in [9.17, 15) is 0 Å². The Morgan fingerprint density at radius 2 is 1.93 bits per heavy atom. The smallest absolute Gasteiger partial charge is 0.231 e. The third-order valence-corrected chi connectivity index (χ3v) is 7.95. The molecule has 2 heterocycles. The van der Waals surface area contributed by atoms with Crippen molar-refractivity contribution in [2.75, 3.05) is 20.2 Å². The maximum Gasteiger partial charge on any atom is 0.231 e. The highest BCUT2D eigenvalue weighted by molar-refractivity contribution is 5.48. The van der Waals surface area contributed by atoms with Crippen LogP contribution in [-0.4, -0.2) is 20.2 Å². The third-order valence-electron chi connectivity index (χ3n) is 7.95. The van der Waals surface area contributed by atoms with E-state index in [1.807, 2.05) is 0 Å². The summed E-state index contributed by atoms with van der Waals surface area (Å²) in [5, 5.41) is 0. The van der Waals surface area contributed by atoms with Gasteiger partial charge in [-0.3, -0.25) is 0 Å². The summed E-state index contributed by atoms with van der Waals surface area (Å²) in [5.74, 6) is 4.04. The molecule has 4 nitrogen and oxygen atoms in total. The maximum absolute atomic E-state index is 5.67. The average molecular weight is 368 g/mol. The van der Waals surface area contributed by atoms with Crippen molar-refractivity contribution in [1.29, 1.82) is 0 Å². The number of ether oxygens (including phenoxy) is 4. The summed E-state index contributed by atoms with van der Waals surface area (Å²) in [6.45, 7) is 13.1. The lowest BCUT2D eigenvalue weighted by Crippen LogP contribution is -2.32. The SMILES string of the molecule is C=C(/C=C1\COCO1)C1C2CCC(C)(C1c1ccc3c(c1)OCO3)C2(C)C. The molecule has 3 fully saturated rings. The minimum absolute atomic E-state index is 0.227. The summed E-state index contributed by atoms with van der Waals surface area (Å²) < 4.78 is 22.1. The summed E-state index contributed by atoms with van der Waals surface area (Å²) in [5.41, 5.74) is 2.99. The number of hydrogen-bond donors (Lipinski definition) is 0. The second-order valence-electron chi connectivity index (χ2n) is 9.20. The Balaban J connectivity index is 1.57. The quantitative estimate of drug-likeness (QED) is 0.751. The largest absolute Gasteiger partial charge is 0.469 e. The standard InChI is InChI=1S/C23H28O4/c1-14(9-16-11-24-12-25-16)20-17-7-8-23(4,22(17,2)3)21(20)15-5-6-18-19(10-15)27-13-26-18/h5-6,9-10,17,20-21H,1,7-8,11-13H2,2-4H3/b16-9+. The number of rotatable bonds is 3. The van der Waals surface area contributed by atoms with Crippen LogP contribution in [0.25, 0.3) is 0 Å². The van der Waals surface area contributed by atoms with Gasteiger partial charge in [0.2, 0.25) is 6.79 Å². The lowest BCUT2D eigenvalue weighted by Gasteiger charge is -2.41. The molecule has 2 aliphatic heterocycles. The van der Waals surface area contributed by atoms with Crippen molar-refractivity contribution in [3.8, 4) is 11.5 Å². The van der Waals surface area contributed by atoms with Crippen LogP contribution in [-0.2, 0) is 9.47 Å². The van der Waals surface area contributed by atoms with Gasteiger partial charge in [0.15, 0.2) is 18.3 Å². The van der Waals surface area contributed by atoms with Crippen molar-refractivity contribution in [2.24, 2.45) is 22.7 Å². The van der Waals surface area contributed by atoms with Gasteiger partial charge in [-0.05, 0) is 70.8 Å². The highest BCUT2D eigenvalue weighted by Crippen LogP contribution is 2.74. The van der Waals surface area contributed by atoms with Gasteiger partial charge in [-0.25, -0.2) is 0 Å². The Hall–Kier alpha value is -1.94. The lowest BCUT2D eigenvalue weighted by molar-refractivity contribution is 0.0799. The van der Waals surface area contributed by atoms with E-state index in [-0.39, 0.29) is 10.8 Å². The van der Waals surface area contributed by atoms with E-state index in [2.05, 4.69) is 51.6 Å². The molecule has 0 N–H and O–H groups in total. The molecule has 2 saturated carbocycles. The molecule has 0 aromatic heterocycles. The van der Waals surface area contributed by atoms with Crippen molar-refractivity contribution >= 4 is 0 Å². The van der Waals surface area contributed by atoms with Crippen molar-refractivity contribution in [1.82, 2.24) is 0 Å². The molecule has 27 heavy (non-hydrogen) atoms. The predicted molar refractivity (Wildman–Crippen MR) is 103 cm³/mol. The third kappa shape index (κ3) is 2.32. The first-order valence-electron chi connectivity index (χ1n) is 9.91. The first-order valence-corrected chi connectivity index (χ1v) is 9.91. The fourth-order valence-electron chi connectivity index (χ4n) is 6.22. The monoisotopic (exact) mass is 368 g/mol. The molecule has 144 valence electrons. The number of allylic oxidation sites excluding steroid dienone is 2. The summed E-state index contributed by atoms with van der Waals surface area (Å²) in [6.07, 6.45) is 4.64. The summed E-state index contributed by atoms with van der Waals surface area (Å²) in [4.78, 5) is 0. The molecule has 1 aromatic rings. The van der Waals surface area contributed by atoms with Gasteiger partial charge in [-0.1, -0.05) is 33.4 Å². The number of benzene rings is 1. The molecule has 4 atom stereocenters. The average Bonchev–Trinajstić information content (AvgIpc) is 3.37. The van der Waals surface area contributed by atoms with Gasteiger partial charge in [0.05, 0.1) is 0 Å². The molecule has 5 rings (SSSR count). The Kier molecular flexibility index (Phi) is 3.68. The zero-order valence-corrected chi connectivity index (χ0v) is 16.4. The van der Waals surface area contributed by atoms with Crippen LogP contribution in [0.1, 0.15) is 45.1 Å². The Morgan fingerprint density at radius 1 is 1.11 bits per heavy atom. The summed E-state index contributed by atoms with van der Waals surface area (Å²) >= 11 is 0. The molecule has 2 bridgehead atoms. The van der Waals surface area contributed by atoms with E-state index < -0.39 is 0 Å². The summed E-state index contributed by atoms with van der Waals surface area (Å²) in [7, 11) is 0. The van der Waals surface area contributed by atoms with E-state index in [1.54, 1.807) is 0 Å². The van der Waals surface area contributed by atoms with Crippen molar-refractivity contribution < 1.29 is 18.9 Å². The van der Waals surface area contributed by atoms with Gasteiger partial charge in [-0.15, -0.1) is 0 Å². The molecular formula is C23H28O4. The first-order chi connectivity index (χ1) is 12.9. The highest BCUT2D eigenvalue weighted by atomic mass is 16.7. The van der Waals surface area contributed by atoms with Gasteiger partial charge >= 0.3 is 0 Å². The van der Waals surface area contributed by atoms with Gasteiger partial charge < -0.3 is 18.9 Å². The van der Waals surface area contributed by atoms with Crippen LogP contribution >= 0.6 is 0 Å². The molecule has 1 saturated heterocycles. The van der Waals surface area contributed by atoms with Crippen LogP contribution in [0.5, 0.6) is 11.5 Å². The topological polar surface area (TPSA) is 36.9 Å². The van der Waals surface area contributed by atoms with E-state index in [4.69, 9.17) is 18.9 Å². The second-order valence-corrected chi connectivity index (χ2v) is 9.20. The molecule has 0 spiro atoms. The molecule has 4 aliphatic rings. The molecule has 4 unspecified atom stereocenters. The minimum atomic E-state index is 0.227. The molecule has 2 aliphatic carbocycles. The summed E-state index contributed by atoms with van der Waals surface area (Å²) in [6, 6.07) is 6.48. The van der Waals surface area contributed by atoms with E-state index in [0.717, 1.165) is 17.3 Å². The van der Waals surface area contributed by atoms with Crippen molar-refractivity contribution in [2.45, 2.75) is 39.5 Å². The van der Waals surface area contributed by atoms with E-state index in [1.165, 1.54) is 24.0 Å². The molecule has 1 aromatic carbocycles. The fourth-order valence-corrected chi connectivity index (χ4v) is 6.22. The van der Waals surface area contributed by atoms with E-state index >= 15 is 0 Å². The van der Waals surface area contributed by atoms with Crippen molar-refractivity contribution in [3.05, 3.63) is 47.7 Å². The zero-order chi connectivity index (χ0) is 18.8. The normalized spacial score (nSPS) is 37.0. The molecule has 0 amide bonds. The molecule has 0 radical (unpaired) electrons. The van der Waals surface area contributed by atoms with Crippen LogP contribution in [0.2, 0.25) is 0 Å².